The first-order valence-corrected chi connectivity index (χ1v) is 7.02. The van der Waals surface area contributed by atoms with Gasteiger partial charge in [-0.05, 0) is 17.1 Å². The Hall–Kier alpha value is 0.177. The summed E-state index contributed by atoms with van der Waals surface area (Å²) in [5, 5.41) is 0. The molecule has 0 aromatic carbocycles. The lowest BCUT2D eigenvalue weighted by molar-refractivity contribution is 0.483. The lowest BCUT2D eigenvalue weighted by Gasteiger charge is -2.33. The molecule has 0 rings (SSSR count). The van der Waals surface area contributed by atoms with Crippen molar-refractivity contribution >= 4 is 8.32 Å². The van der Waals surface area contributed by atoms with Crippen LogP contribution in [-0.4, -0.2) is 13.1 Å². The second kappa shape index (κ2) is 4.26. The van der Waals surface area contributed by atoms with Gasteiger partial charge < -0.3 is 4.80 Å². The summed E-state index contributed by atoms with van der Waals surface area (Å²) in [6.07, 6.45) is 1.12. The van der Waals surface area contributed by atoms with Crippen LogP contribution in [-0.2, 0) is 0 Å². The summed E-state index contributed by atoms with van der Waals surface area (Å²) in [7, 11) is -1.90. The van der Waals surface area contributed by atoms with Gasteiger partial charge >= 0.3 is 0 Å². The molecule has 0 fully saturated rings. The van der Waals surface area contributed by atoms with E-state index in [9.17, 15) is 4.80 Å². The van der Waals surface area contributed by atoms with Gasteiger partial charge in [-0.3, -0.25) is 0 Å². The maximum atomic E-state index is 10.3. The smallest absolute Gasteiger partial charge is 0.193 e. The maximum absolute atomic E-state index is 10.3. The molecule has 0 amide bonds. The topological polar surface area (TPSA) is 20.2 Å². The van der Waals surface area contributed by atoms with E-state index in [2.05, 4.69) is 34.6 Å². The molecule has 0 saturated carbocycles. The van der Waals surface area contributed by atoms with Crippen LogP contribution in [0.5, 0.6) is 0 Å². The van der Waals surface area contributed by atoms with Gasteiger partial charge in [-0.15, -0.1) is 0 Å². The first-order chi connectivity index (χ1) is 4.99. The summed E-state index contributed by atoms with van der Waals surface area (Å²) in [5.41, 5.74) is 1.05. The van der Waals surface area contributed by atoms with E-state index >= 15 is 0 Å². The quantitative estimate of drug-likeness (QED) is 0.649. The molecule has 0 bridgehead atoms. The van der Waals surface area contributed by atoms with Crippen molar-refractivity contribution in [1.29, 1.82) is 0 Å². The molecule has 2 unspecified atom stereocenters. The third-order valence-electron chi connectivity index (χ3n) is 3.03. The molecule has 0 aliphatic heterocycles. The highest BCUT2D eigenvalue weighted by atomic mass is 28.4. The van der Waals surface area contributed by atoms with Crippen molar-refractivity contribution in [1.82, 2.24) is 0 Å². The monoisotopic (exact) mass is 174 g/mol. The van der Waals surface area contributed by atoms with E-state index in [0.717, 1.165) is 12.5 Å². The molecular formula is C9H22OSi. The van der Waals surface area contributed by atoms with Gasteiger partial charge in [-0.1, -0.05) is 41.0 Å². The summed E-state index contributed by atoms with van der Waals surface area (Å²) in [6.45, 7) is 10.8. The van der Waals surface area contributed by atoms with Crippen molar-refractivity contribution in [2.45, 2.75) is 58.2 Å². The minimum atomic E-state index is -1.90. The fraction of sp³-hybridized carbons (Fsp3) is 1.00. The fourth-order valence-corrected chi connectivity index (χ4v) is 5.04. The van der Waals surface area contributed by atoms with Crippen molar-refractivity contribution in [3.63, 3.8) is 0 Å². The van der Waals surface area contributed by atoms with Gasteiger partial charge in [-0.25, -0.2) is 0 Å². The Kier molecular flexibility index (Phi) is 4.33. The van der Waals surface area contributed by atoms with Gasteiger partial charge in [0.1, 0.15) is 0 Å². The van der Waals surface area contributed by atoms with Gasteiger partial charge in [0.05, 0.1) is 0 Å². The van der Waals surface area contributed by atoms with Crippen LogP contribution in [0.3, 0.4) is 0 Å². The Balaban J connectivity index is 4.32. The predicted octanol–water partition coefficient (Wildman–Crippen LogP) is 3.15. The molecule has 1 N–H and O–H groups in total. The van der Waals surface area contributed by atoms with Crippen LogP contribution in [0.4, 0.5) is 0 Å². The third kappa shape index (κ3) is 2.31. The Morgan fingerprint density at radius 2 is 1.64 bits per heavy atom. The van der Waals surface area contributed by atoms with Crippen LogP contribution in [0.1, 0.15) is 41.0 Å². The molecular weight excluding hydrogens is 152 g/mol. The van der Waals surface area contributed by atoms with E-state index < -0.39 is 8.32 Å². The minimum Gasteiger partial charge on any atom is -0.431 e. The highest BCUT2D eigenvalue weighted by Gasteiger charge is 2.37. The molecule has 0 saturated heterocycles. The van der Waals surface area contributed by atoms with E-state index in [1.165, 1.54) is 0 Å². The van der Waals surface area contributed by atoms with Crippen molar-refractivity contribution in [3.8, 4) is 0 Å². The fourth-order valence-electron chi connectivity index (χ4n) is 1.68. The minimum absolute atomic E-state index is 0.502. The van der Waals surface area contributed by atoms with E-state index in [4.69, 9.17) is 0 Å². The van der Waals surface area contributed by atoms with E-state index in [1.807, 2.05) is 0 Å². The second-order valence-corrected chi connectivity index (χ2v) is 8.64. The summed E-state index contributed by atoms with van der Waals surface area (Å²) in [4.78, 5) is 10.3. The zero-order valence-corrected chi connectivity index (χ0v) is 9.52. The van der Waals surface area contributed by atoms with Gasteiger partial charge in [0.2, 0.25) is 0 Å². The van der Waals surface area contributed by atoms with Crippen LogP contribution in [0, 0.1) is 0 Å². The van der Waals surface area contributed by atoms with Gasteiger partial charge in [0.15, 0.2) is 8.32 Å². The largest absolute Gasteiger partial charge is 0.431 e. The van der Waals surface area contributed by atoms with Crippen molar-refractivity contribution in [2.24, 2.45) is 0 Å². The molecule has 0 aliphatic carbocycles. The molecule has 2 heteroatoms. The van der Waals surface area contributed by atoms with Crippen LogP contribution < -0.4 is 0 Å². The second-order valence-electron chi connectivity index (χ2n) is 3.81. The average molecular weight is 174 g/mol. The molecule has 68 valence electrons. The first-order valence-electron chi connectivity index (χ1n) is 4.71. The zero-order chi connectivity index (χ0) is 9.07. The highest BCUT2D eigenvalue weighted by molar-refractivity contribution is 6.75. The lowest BCUT2D eigenvalue weighted by Crippen LogP contribution is -2.41. The lowest BCUT2D eigenvalue weighted by atomic mass is 10.4. The molecule has 11 heavy (non-hydrogen) atoms. The Bertz CT molecular complexity index is 114. The molecule has 0 aliphatic rings. The van der Waals surface area contributed by atoms with Crippen LogP contribution in [0.15, 0.2) is 0 Å². The number of rotatable bonds is 4. The highest BCUT2D eigenvalue weighted by Crippen LogP contribution is 2.34. The standard InChI is InChI=1S/C9H22OSi/c1-6-9(5)11(10,7-2)8(3)4/h8-10H,6-7H2,1-5H3. The van der Waals surface area contributed by atoms with E-state index in [-0.39, 0.29) is 0 Å². The Morgan fingerprint density at radius 3 is 1.73 bits per heavy atom. The summed E-state index contributed by atoms with van der Waals surface area (Å²) in [5.74, 6) is 0. The summed E-state index contributed by atoms with van der Waals surface area (Å²) in [6, 6.07) is 1.000. The molecule has 0 radical (unpaired) electrons. The van der Waals surface area contributed by atoms with Crippen LogP contribution in [0.2, 0.25) is 17.1 Å². The van der Waals surface area contributed by atoms with Gasteiger partial charge in [0.25, 0.3) is 0 Å². The molecule has 0 aromatic heterocycles. The first kappa shape index (κ1) is 11.2. The van der Waals surface area contributed by atoms with Crippen molar-refractivity contribution < 1.29 is 4.80 Å². The summed E-state index contributed by atoms with van der Waals surface area (Å²) >= 11 is 0. The average Bonchev–Trinajstić information content (AvgIpc) is 2.01. The normalized spacial score (nSPS) is 19.9. The van der Waals surface area contributed by atoms with Crippen molar-refractivity contribution in [2.75, 3.05) is 0 Å². The SMILES string of the molecule is CCC(C)[Si](O)(CC)C(C)C. The van der Waals surface area contributed by atoms with Crippen LogP contribution >= 0.6 is 0 Å². The van der Waals surface area contributed by atoms with Crippen molar-refractivity contribution in [3.05, 3.63) is 0 Å². The van der Waals surface area contributed by atoms with Gasteiger partial charge in [-0.2, -0.15) is 0 Å². The van der Waals surface area contributed by atoms with E-state index in [0.29, 0.717) is 11.1 Å². The summed E-state index contributed by atoms with van der Waals surface area (Å²) < 4.78 is 0. The molecule has 0 aromatic rings. The number of hydrogen-bond donors (Lipinski definition) is 1. The Morgan fingerprint density at radius 1 is 1.18 bits per heavy atom. The number of hydrogen-bond acceptors (Lipinski definition) is 1. The Labute approximate surface area is 72.0 Å². The molecule has 0 spiro atoms. The zero-order valence-electron chi connectivity index (χ0n) is 8.52. The molecule has 2 atom stereocenters. The molecule has 0 heterocycles. The third-order valence-corrected chi connectivity index (χ3v) is 8.28. The van der Waals surface area contributed by atoms with E-state index in [1.54, 1.807) is 0 Å². The van der Waals surface area contributed by atoms with Crippen LogP contribution in [0.25, 0.3) is 0 Å². The van der Waals surface area contributed by atoms with Gasteiger partial charge in [0, 0.05) is 0 Å². The maximum Gasteiger partial charge on any atom is 0.193 e. The predicted molar refractivity (Wildman–Crippen MR) is 53.3 cm³/mol. The molecule has 1 nitrogen and oxygen atoms in total.